The van der Waals surface area contributed by atoms with Gasteiger partial charge in [-0.2, -0.15) is 11.8 Å². The molecule has 0 aromatic rings. The van der Waals surface area contributed by atoms with Gasteiger partial charge in [0.2, 0.25) is 0 Å². The van der Waals surface area contributed by atoms with E-state index in [1.54, 1.807) is 0 Å². The number of guanidine groups is 1. The minimum atomic E-state index is 0.337. The smallest absolute Gasteiger partial charge is 0.193 e. The third kappa shape index (κ3) is 5.37. The lowest BCUT2D eigenvalue weighted by atomic mass is 9.94. The highest BCUT2D eigenvalue weighted by Crippen LogP contribution is 2.29. The van der Waals surface area contributed by atoms with Crippen molar-refractivity contribution in [3.05, 3.63) is 0 Å². The van der Waals surface area contributed by atoms with Gasteiger partial charge in [0.15, 0.2) is 5.96 Å². The fraction of sp³-hybridized carbons (Fsp3) is 0.938. The van der Waals surface area contributed by atoms with E-state index in [0.29, 0.717) is 4.75 Å². The summed E-state index contributed by atoms with van der Waals surface area (Å²) in [5.41, 5.74) is 0. The molecular weight excluding hydrogens is 280 g/mol. The van der Waals surface area contributed by atoms with Crippen LogP contribution in [0.4, 0.5) is 0 Å². The zero-order chi connectivity index (χ0) is 15.3. The number of hydrogen-bond acceptors (Lipinski definition) is 3. The molecule has 1 N–H and O–H groups in total. The van der Waals surface area contributed by atoms with Gasteiger partial charge in [0, 0.05) is 37.2 Å². The summed E-state index contributed by atoms with van der Waals surface area (Å²) < 4.78 is 0.337. The maximum absolute atomic E-state index is 4.49. The molecule has 0 aromatic heterocycles. The van der Waals surface area contributed by atoms with Crippen molar-refractivity contribution in [2.45, 2.75) is 37.9 Å². The van der Waals surface area contributed by atoms with Crippen LogP contribution in [0.1, 0.15) is 33.1 Å². The van der Waals surface area contributed by atoms with Crippen LogP contribution in [0.15, 0.2) is 4.99 Å². The second-order valence-corrected chi connectivity index (χ2v) is 8.84. The summed E-state index contributed by atoms with van der Waals surface area (Å²) in [6.45, 7) is 10.4. The van der Waals surface area contributed by atoms with Crippen LogP contribution in [0.3, 0.4) is 0 Å². The predicted molar refractivity (Wildman–Crippen MR) is 94.3 cm³/mol. The molecule has 0 aromatic carbocycles. The molecule has 0 aliphatic carbocycles. The molecule has 5 heteroatoms. The Balaban J connectivity index is 1.73. The number of aliphatic imine (C=N–C) groups is 1. The highest BCUT2D eigenvalue weighted by Gasteiger charge is 2.28. The zero-order valence-corrected chi connectivity index (χ0v) is 15.0. The van der Waals surface area contributed by atoms with E-state index >= 15 is 0 Å². The van der Waals surface area contributed by atoms with Gasteiger partial charge in [0.25, 0.3) is 0 Å². The summed E-state index contributed by atoms with van der Waals surface area (Å²) in [6.07, 6.45) is 3.98. The first-order valence-corrected chi connectivity index (χ1v) is 9.27. The summed E-state index contributed by atoms with van der Waals surface area (Å²) in [4.78, 5) is 9.35. The lowest BCUT2D eigenvalue weighted by Gasteiger charge is -2.39. The van der Waals surface area contributed by atoms with Gasteiger partial charge in [0.1, 0.15) is 0 Å². The zero-order valence-electron chi connectivity index (χ0n) is 14.2. The molecule has 0 radical (unpaired) electrons. The number of hydrogen-bond donors (Lipinski definition) is 1. The van der Waals surface area contributed by atoms with Crippen molar-refractivity contribution in [1.82, 2.24) is 15.1 Å². The fourth-order valence-electron chi connectivity index (χ4n) is 3.27. The summed E-state index contributed by atoms with van der Waals surface area (Å²) >= 11 is 2.07. The second kappa shape index (κ2) is 7.73. The van der Waals surface area contributed by atoms with Crippen LogP contribution in [-0.2, 0) is 0 Å². The van der Waals surface area contributed by atoms with Crippen molar-refractivity contribution in [2.24, 2.45) is 10.9 Å². The van der Waals surface area contributed by atoms with E-state index in [4.69, 9.17) is 0 Å². The van der Waals surface area contributed by atoms with Crippen LogP contribution in [0.2, 0.25) is 0 Å². The summed E-state index contributed by atoms with van der Waals surface area (Å²) in [7, 11) is 4.14. The van der Waals surface area contributed by atoms with Gasteiger partial charge in [-0.25, -0.2) is 0 Å². The summed E-state index contributed by atoms with van der Waals surface area (Å²) in [5, 5.41) is 3.59. The van der Waals surface area contributed by atoms with Crippen LogP contribution in [-0.4, -0.2) is 73.1 Å². The Morgan fingerprint density at radius 1 is 1.29 bits per heavy atom. The molecule has 0 unspecified atom stereocenters. The fourth-order valence-corrected chi connectivity index (χ4v) is 4.38. The SMILES string of the molecule is CN=C(NCCC1CCN(C)CC1)N1CCSC(C)(C)C1. The molecule has 0 amide bonds. The first-order chi connectivity index (χ1) is 10.00. The van der Waals surface area contributed by atoms with Gasteiger partial charge >= 0.3 is 0 Å². The first kappa shape index (κ1) is 16.9. The maximum Gasteiger partial charge on any atom is 0.193 e. The molecule has 0 saturated carbocycles. The Labute approximate surface area is 134 Å². The molecule has 0 spiro atoms. The van der Waals surface area contributed by atoms with Gasteiger partial charge in [-0.3, -0.25) is 4.99 Å². The largest absolute Gasteiger partial charge is 0.356 e. The topological polar surface area (TPSA) is 30.9 Å². The van der Waals surface area contributed by atoms with E-state index in [1.165, 1.54) is 38.1 Å². The average Bonchev–Trinajstić information content (AvgIpc) is 2.44. The molecular formula is C16H32N4S. The van der Waals surface area contributed by atoms with Gasteiger partial charge < -0.3 is 15.1 Å². The molecule has 2 aliphatic rings. The average molecular weight is 313 g/mol. The quantitative estimate of drug-likeness (QED) is 0.639. The Morgan fingerprint density at radius 3 is 2.62 bits per heavy atom. The van der Waals surface area contributed by atoms with Gasteiger partial charge in [-0.1, -0.05) is 0 Å². The number of piperidine rings is 1. The first-order valence-electron chi connectivity index (χ1n) is 8.28. The molecule has 2 rings (SSSR count). The van der Waals surface area contributed by atoms with E-state index < -0.39 is 0 Å². The molecule has 21 heavy (non-hydrogen) atoms. The van der Waals surface area contributed by atoms with Crippen molar-refractivity contribution in [3.8, 4) is 0 Å². The number of nitrogens with zero attached hydrogens (tertiary/aromatic N) is 3. The van der Waals surface area contributed by atoms with Gasteiger partial charge in [-0.05, 0) is 59.2 Å². The third-order valence-electron chi connectivity index (χ3n) is 4.61. The molecule has 0 atom stereocenters. The molecule has 0 bridgehead atoms. The van der Waals surface area contributed by atoms with Crippen molar-refractivity contribution < 1.29 is 0 Å². The number of nitrogens with one attached hydrogen (secondary N) is 1. The molecule has 122 valence electrons. The highest BCUT2D eigenvalue weighted by molar-refractivity contribution is 8.00. The van der Waals surface area contributed by atoms with Gasteiger partial charge in [0.05, 0.1) is 0 Å². The van der Waals surface area contributed by atoms with E-state index in [0.717, 1.165) is 31.5 Å². The molecule has 2 fully saturated rings. The molecule has 4 nitrogen and oxygen atoms in total. The lowest BCUT2D eigenvalue weighted by Crippen LogP contribution is -2.51. The van der Waals surface area contributed by atoms with E-state index in [9.17, 15) is 0 Å². The summed E-state index contributed by atoms with van der Waals surface area (Å²) in [6, 6.07) is 0. The van der Waals surface area contributed by atoms with E-state index in [2.05, 4.69) is 52.8 Å². The minimum Gasteiger partial charge on any atom is -0.356 e. The van der Waals surface area contributed by atoms with Crippen LogP contribution >= 0.6 is 11.8 Å². The second-order valence-electron chi connectivity index (χ2n) is 7.04. The third-order valence-corrected chi connectivity index (χ3v) is 5.91. The van der Waals surface area contributed by atoms with Crippen LogP contribution in [0.5, 0.6) is 0 Å². The van der Waals surface area contributed by atoms with Crippen molar-refractivity contribution >= 4 is 17.7 Å². The van der Waals surface area contributed by atoms with E-state index in [1.807, 2.05) is 7.05 Å². The van der Waals surface area contributed by atoms with Crippen LogP contribution < -0.4 is 5.32 Å². The minimum absolute atomic E-state index is 0.337. The van der Waals surface area contributed by atoms with Gasteiger partial charge in [-0.15, -0.1) is 0 Å². The molecule has 2 saturated heterocycles. The van der Waals surface area contributed by atoms with Crippen molar-refractivity contribution in [3.63, 3.8) is 0 Å². The predicted octanol–water partition coefficient (Wildman–Crippen LogP) is 2.12. The monoisotopic (exact) mass is 312 g/mol. The standard InChI is InChI=1S/C16H32N4S/c1-16(2)13-20(11-12-21-16)15(17-3)18-8-5-14-6-9-19(4)10-7-14/h14H,5-13H2,1-4H3,(H,17,18). The number of likely N-dealkylation sites (tertiary alicyclic amines) is 1. The van der Waals surface area contributed by atoms with Crippen molar-refractivity contribution in [1.29, 1.82) is 0 Å². The number of rotatable bonds is 3. The normalized spacial score (nSPS) is 25.1. The van der Waals surface area contributed by atoms with Crippen LogP contribution in [0.25, 0.3) is 0 Å². The van der Waals surface area contributed by atoms with E-state index in [-0.39, 0.29) is 0 Å². The highest BCUT2D eigenvalue weighted by atomic mass is 32.2. The Morgan fingerprint density at radius 2 is 2.00 bits per heavy atom. The van der Waals surface area contributed by atoms with Crippen LogP contribution in [0, 0.1) is 5.92 Å². The van der Waals surface area contributed by atoms with Crippen molar-refractivity contribution in [2.75, 3.05) is 52.6 Å². The Kier molecular flexibility index (Phi) is 6.23. The Bertz CT molecular complexity index is 348. The molecule has 2 heterocycles. The lowest BCUT2D eigenvalue weighted by molar-refractivity contribution is 0.212. The maximum atomic E-state index is 4.49. The summed E-state index contributed by atoms with van der Waals surface area (Å²) in [5.74, 6) is 3.18. The number of thioether (sulfide) groups is 1. The molecule has 2 aliphatic heterocycles. The Hall–Kier alpha value is -0.420.